The molecule has 0 aliphatic heterocycles. The number of aryl methyl sites for hydroxylation is 2. The molecule has 2 aromatic rings. The van der Waals surface area contributed by atoms with Crippen LogP contribution in [0.5, 0.6) is 0 Å². The molecule has 1 N–H and O–H groups in total. The van der Waals surface area contributed by atoms with Gasteiger partial charge in [0.15, 0.2) is 0 Å². The Kier molecular flexibility index (Phi) is 3.33. The van der Waals surface area contributed by atoms with E-state index in [1.807, 2.05) is 30.5 Å². The molecule has 3 rings (SSSR count). The van der Waals surface area contributed by atoms with Crippen LogP contribution in [0.15, 0.2) is 29.6 Å². The molecule has 0 amide bonds. The van der Waals surface area contributed by atoms with Crippen LogP contribution < -0.4 is 0 Å². The molecule has 1 aliphatic carbocycles. The first-order chi connectivity index (χ1) is 9.67. The first-order valence-corrected chi connectivity index (χ1v) is 7.65. The number of hydrogen-bond donors (Lipinski definition) is 1. The predicted octanol–water partition coefficient (Wildman–Crippen LogP) is 3.28. The topological polar surface area (TPSA) is 56.9 Å². The lowest BCUT2D eigenvalue weighted by Crippen LogP contribution is -2.36. The molecule has 1 heterocycles. The zero-order valence-corrected chi connectivity index (χ0v) is 12.2. The number of aromatic nitrogens is 1. The average Bonchev–Trinajstić information content (AvgIpc) is 2.92. The van der Waals surface area contributed by atoms with Gasteiger partial charge < -0.3 is 5.11 Å². The number of thiazole rings is 1. The van der Waals surface area contributed by atoms with E-state index in [1.54, 1.807) is 0 Å². The highest BCUT2D eigenvalue weighted by atomic mass is 32.1. The van der Waals surface area contributed by atoms with Gasteiger partial charge in [-0.25, -0.2) is 4.98 Å². The molecule has 0 saturated carbocycles. The zero-order chi connectivity index (χ0) is 14.2. The SMILES string of the molecule is Cc1nc(C(O)C2(C#N)CCCc3ccccc32)cs1. The van der Waals surface area contributed by atoms with Crippen molar-refractivity contribution in [1.29, 1.82) is 5.26 Å². The van der Waals surface area contributed by atoms with Gasteiger partial charge in [0.2, 0.25) is 0 Å². The van der Waals surface area contributed by atoms with Gasteiger partial charge in [0, 0.05) is 5.38 Å². The molecule has 0 fully saturated rings. The third-order valence-corrected chi connectivity index (χ3v) is 4.89. The summed E-state index contributed by atoms with van der Waals surface area (Å²) >= 11 is 1.51. The first-order valence-electron chi connectivity index (χ1n) is 6.77. The number of hydrogen-bond acceptors (Lipinski definition) is 4. The monoisotopic (exact) mass is 284 g/mol. The summed E-state index contributed by atoms with van der Waals surface area (Å²) in [5.74, 6) is 0. The minimum absolute atomic E-state index is 0.616. The van der Waals surface area contributed by atoms with E-state index in [0.29, 0.717) is 12.1 Å². The van der Waals surface area contributed by atoms with Gasteiger partial charge in [0.1, 0.15) is 11.5 Å². The smallest absolute Gasteiger partial charge is 0.119 e. The lowest BCUT2D eigenvalue weighted by molar-refractivity contribution is 0.0961. The molecule has 1 aromatic heterocycles. The van der Waals surface area contributed by atoms with Crippen molar-refractivity contribution in [3.8, 4) is 6.07 Å². The van der Waals surface area contributed by atoms with E-state index in [1.165, 1.54) is 16.9 Å². The molecule has 102 valence electrons. The predicted molar refractivity (Wildman–Crippen MR) is 78.5 cm³/mol. The summed E-state index contributed by atoms with van der Waals surface area (Å²) in [4.78, 5) is 4.37. The van der Waals surface area contributed by atoms with Gasteiger partial charge in [-0.1, -0.05) is 24.3 Å². The zero-order valence-electron chi connectivity index (χ0n) is 11.3. The molecule has 2 atom stereocenters. The van der Waals surface area contributed by atoms with E-state index in [-0.39, 0.29) is 0 Å². The quantitative estimate of drug-likeness (QED) is 0.920. The molecule has 20 heavy (non-hydrogen) atoms. The molecule has 0 bridgehead atoms. The molecule has 3 nitrogen and oxygen atoms in total. The third-order valence-electron chi connectivity index (χ3n) is 4.10. The number of nitrogens with zero attached hydrogens (tertiary/aromatic N) is 2. The van der Waals surface area contributed by atoms with E-state index in [4.69, 9.17) is 0 Å². The maximum atomic E-state index is 10.8. The van der Waals surface area contributed by atoms with E-state index in [2.05, 4.69) is 17.1 Å². The Labute approximate surface area is 122 Å². The van der Waals surface area contributed by atoms with Gasteiger partial charge in [-0.05, 0) is 37.3 Å². The summed E-state index contributed by atoms with van der Waals surface area (Å²) in [5, 5.41) is 23.3. The first kappa shape index (κ1) is 13.3. The minimum Gasteiger partial charge on any atom is -0.385 e. The van der Waals surface area contributed by atoms with Crippen molar-refractivity contribution in [2.24, 2.45) is 0 Å². The van der Waals surface area contributed by atoms with Crippen molar-refractivity contribution in [3.63, 3.8) is 0 Å². The molecular formula is C16H16N2OS. The number of aliphatic hydroxyl groups is 1. The maximum Gasteiger partial charge on any atom is 0.119 e. The van der Waals surface area contributed by atoms with Crippen LogP contribution >= 0.6 is 11.3 Å². The summed E-state index contributed by atoms with van der Waals surface area (Å²) in [7, 11) is 0. The molecule has 0 radical (unpaired) electrons. The Bertz CT molecular complexity index is 673. The van der Waals surface area contributed by atoms with E-state index >= 15 is 0 Å². The fourth-order valence-corrected chi connectivity index (χ4v) is 3.72. The second-order valence-corrected chi connectivity index (χ2v) is 6.35. The molecule has 4 heteroatoms. The van der Waals surface area contributed by atoms with Gasteiger partial charge in [-0.2, -0.15) is 5.26 Å². The Morgan fingerprint density at radius 2 is 2.25 bits per heavy atom. The van der Waals surface area contributed by atoms with E-state index < -0.39 is 11.5 Å². The summed E-state index contributed by atoms with van der Waals surface area (Å²) < 4.78 is 0. The van der Waals surface area contributed by atoms with Crippen LogP contribution in [-0.4, -0.2) is 10.1 Å². The Morgan fingerprint density at radius 1 is 1.45 bits per heavy atom. The largest absolute Gasteiger partial charge is 0.385 e. The molecule has 0 spiro atoms. The van der Waals surface area contributed by atoms with Crippen LogP contribution in [0.25, 0.3) is 0 Å². The highest BCUT2D eigenvalue weighted by Crippen LogP contribution is 2.45. The van der Waals surface area contributed by atoms with Crippen LogP contribution in [0.3, 0.4) is 0 Å². The average molecular weight is 284 g/mol. The van der Waals surface area contributed by atoms with Gasteiger partial charge in [-0.15, -0.1) is 11.3 Å². The Morgan fingerprint density at radius 3 is 2.95 bits per heavy atom. The van der Waals surface area contributed by atoms with Crippen LogP contribution in [0, 0.1) is 18.3 Å². The van der Waals surface area contributed by atoms with Crippen LogP contribution in [0.2, 0.25) is 0 Å². The van der Waals surface area contributed by atoms with Gasteiger partial charge in [-0.3, -0.25) is 0 Å². The second kappa shape index (κ2) is 5.01. The van der Waals surface area contributed by atoms with E-state index in [0.717, 1.165) is 23.4 Å². The van der Waals surface area contributed by atoms with Crippen molar-refractivity contribution in [1.82, 2.24) is 4.98 Å². The number of fused-ring (bicyclic) bond motifs is 1. The minimum atomic E-state index is -0.866. The van der Waals surface area contributed by atoms with Crippen molar-refractivity contribution in [2.45, 2.75) is 37.7 Å². The number of aliphatic hydroxyl groups excluding tert-OH is 1. The Balaban J connectivity index is 2.12. The standard InChI is InChI=1S/C16H16N2OS/c1-11-18-14(9-20-11)15(19)16(10-17)8-4-6-12-5-2-3-7-13(12)16/h2-3,5,7,9,15,19H,4,6,8H2,1H3. The lowest BCUT2D eigenvalue weighted by Gasteiger charge is -2.36. The van der Waals surface area contributed by atoms with Crippen molar-refractivity contribution in [2.75, 3.05) is 0 Å². The second-order valence-electron chi connectivity index (χ2n) is 5.29. The molecular weight excluding hydrogens is 268 g/mol. The summed E-state index contributed by atoms with van der Waals surface area (Å²) in [6, 6.07) is 10.4. The van der Waals surface area contributed by atoms with Gasteiger partial charge >= 0.3 is 0 Å². The third kappa shape index (κ3) is 1.94. The van der Waals surface area contributed by atoms with Crippen molar-refractivity contribution < 1.29 is 5.11 Å². The highest BCUT2D eigenvalue weighted by molar-refractivity contribution is 7.09. The fourth-order valence-electron chi connectivity index (χ4n) is 3.09. The summed E-state index contributed by atoms with van der Waals surface area (Å²) in [5.41, 5.74) is 1.89. The molecule has 1 aliphatic rings. The molecule has 0 saturated heterocycles. The number of rotatable bonds is 2. The van der Waals surface area contributed by atoms with Crippen molar-refractivity contribution in [3.05, 3.63) is 51.5 Å². The number of nitriles is 1. The summed E-state index contributed by atoms with van der Waals surface area (Å²) in [6.45, 7) is 1.91. The van der Waals surface area contributed by atoms with Crippen molar-refractivity contribution >= 4 is 11.3 Å². The maximum absolute atomic E-state index is 10.8. The Hall–Kier alpha value is -1.70. The molecule has 2 unspecified atom stereocenters. The fraction of sp³-hybridized carbons (Fsp3) is 0.375. The number of benzene rings is 1. The van der Waals surface area contributed by atoms with Crippen LogP contribution in [0.4, 0.5) is 0 Å². The lowest BCUT2D eigenvalue weighted by atomic mass is 9.67. The normalized spacial score (nSPS) is 22.9. The summed E-state index contributed by atoms with van der Waals surface area (Å²) in [6.07, 6.45) is 1.71. The highest BCUT2D eigenvalue weighted by Gasteiger charge is 2.44. The van der Waals surface area contributed by atoms with Gasteiger partial charge in [0.25, 0.3) is 0 Å². The van der Waals surface area contributed by atoms with Crippen LogP contribution in [-0.2, 0) is 11.8 Å². The van der Waals surface area contributed by atoms with E-state index in [9.17, 15) is 10.4 Å². The van der Waals surface area contributed by atoms with Gasteiger partial charge in [0.05, 0.1) is 16.8 Å². The van der Waals surface area contributed by atoms with Crippen LogP contribution in [0.1, 0.15) is 40.8 Å². The molecule has 1 aromatic carbocycles.